The Hall–Kier alpha value is -0.760. The summed E-state index contributed by atoms with van der Waals surface area (Å²) in [7, 11) is 0. The Bertz CT molecular complexity index is 289. The van der Waals surface area contributed by atoms with Gasteiger partial charge in [0.25, 0.3) is 0 Å². The molecular weight excluding hydrogens is 208 g/mol. The molecule has 1 rings (SSSR count). The highest BCUT2D eigenvalue weighted by molar-refractivity contribution is 6.17. The molecule has 0 fully saturated rings. The van der Waals surface area contributed by atoms with Crippen LogP contribution in [0.3, 0.4) is 0 Å². The molecule has 84 valence electrons. The quantitative estimate of drug-likeness (QED) is 0.752. The number of aromatic nitrogens is 1. The van der Waals surface area contributed by atoms with Gasteiger partial charge < -0.3 is 5.32 Å². The molecule has 0 bridgehead atoms. The predicted molar refractivity (Wildman–Crippen MR) is 66.6 cm³/mol. The van der Waals surface area contributed by atoms with Gasteiger partial charge >= 0.3 is 0 Å². The van der Waals surface area contributed by atoms with Crippen LogP contribution in [0.5, 0.6) is 0 Å². The van der Waals surface area contributed by atoms with Crippen molar-refractivity contribution in [3.63, 3.8) is 0 Å². The van der Waals surface area contributed by atoms with E-state index in [0.29, 0.717) is 5.92 Å². The number of alkyl halides is 1. The molecule has 0 amide bonds. The minimum absolute atomic E-state index is 0.663. The Morgan fingerprint density at radius 2 is 2.33 bits per heavy atom. The fourth-order valence-electron chi connectivity index (χ4n) is 1.52. The normalized spacial score (nSPS) is 12.5. The average molecular weight is 227 g/mol. The van der Waals surface area contributed by atoms with Crippen molar-refractivity contribution in [1.29, 1.82) is 0 Å². The lowest BCUT2D eigenvalue weighted by Gasteiger charge is -2.15. The Morgan fingerprint density at radius 1 is 1.53 bits per heavy atom. The molecule has 0 spiro atoms. The Kier molecular flexibility index (Phi) is 5.48. The van der Waals surface area contributed by atoms with E-state index in [2.05, 4.69) is 23.3 Å². The molecule has 0 saturated carbocycles. The van der Waals surface area contributed by atoms with Crippen LogP contribution < -0.4 is 5.32 Å². The van der Waals surface area contributed by atoms with Gasteiger partial charge in [0.15, 0.2) is 0 Å². The largest absolute Gasteiger partial charge is 0.385 e. The van der Waals surface area contributed by atoms with E-state index in [1.807, 2.05) is 19.2 Å². The van der Waals surface area contributed by atoms with Gasteiger partial charge in [-0.15, -0.1) is 11.6 Å². The summed E-state index contributed by atoms with van der Waals surface area (Å²) >= 11 is 5.74. The second-order valence-corrected chi connectivity index (χ2v) is 4.20. The summed E-state index contributed by atoms with van der Waals surface area (Å²) < 4.78 is 0. The summed E-state index contributed by atoms with van der Waals surface area (Å²) in [6, 6.07) is 4.06. The van der Waals surface area contributed by atoms with E-state index in [-0.39, 0.29) is 0 Å². The van der Waals surface area contributed by atoms with E-state index in [0.717, 1.165) is 30.2 Å². The Morgan fingerprint density at radius 3 is 2.93 bits per heavy atom. The molecule has 0 aromatic carbocycles. The highest BCUT2D eigenvalue weighted by atomic mass is 35.5. The Balaban J connectivity index is 2.41. The molecule has 0 radical (unpaired) electrons. The van der Waals surface area contributed by atoms with Crippen molar-refractivity contribution in [3.8, 4) is 0 Å². The van der Waals surface area contributed by atoms with Gasteiger partial charge in [0.05, 0.1) is 0 Å². The third kappa shape index (κ3) is 4.52. The molecule has 1 heterocycles. The van der Waals surface area contributed by atoms with Crippen LogP contribution >= 0.6 is 11.6 Å². The van der Waals surface area contributed by atoms with Crippen molar-refractivity contribution >= 4 is 17.3 Å². The maximum absolute atomic E-state index is 5.74. The van der Waals surface area contributed by atoms with Crippen molar-refractivity contribution in [3.05, 3.63) is 24.0 Å². The number of hydrogen-bond acceptors (Lipinski definition) is 2. The monoisotopic (exact) mass is 226 g/mol. The summed E-state index contributed by atoms with van der Waals surface area (Å²) in [6.45, 7) is 5.20. The second kappa shape index (κ2) is 6.67. The van der Waals surface area contributed by atoms with Crippen LogP contribution in [-0.2, 0) is 0 Å². The van der Waals surface area contributed by atoms with E-state index in [1.54, 1.807) is 0 Å². The number of halogens is 1. The molecule has 1 N–H and O–H groups in total. The molecule has 1 unspecified atom stereocenters. The minimum atomic E-state index is 0.663. The lowest BCUT2D eigenvalue weighted by atomic mass is 10.0. The van der Waals surface area contributed by atoms with Crippen molar-refractivity contribution in [1.82, 2.24) is 4.98 Å². The zero-order chi connectivity index (χ0) is 11.1. The number of aryl methyl sites for hydroxylation is 1. The zero-order valence-corrected chi connectivity index (χ0v) is 10.2. The molecule has 1 aromatic rings. The third-order valence-electron chi connectivity index (χ3n) is 2.59. The van der Waals surface area contributed by atoms with Crippen molar-refractivity contribution < 1.29 is 0 Å². The topological polar surface area (TPSA) is 24.9 Å². The lowest BCUT2D eigenvalue weighted by Crippen LogP contribution is -2.14. The molecule has 15 heavy (non-hydrogen) atoms. The van der Waals surface area contributed by atoms with Crippen molar-refractivity contribution in [2.75, 3.05) is 17.7 Å². The number of nitrogens with zero attached hydrogens (tertiary/aromatic N) is 1. The van der Waals surface area contributed by atoms with Gasteiger partial charge in [0, 0.05) is 30.0 Å². The number of anilines is 1. The number of nitrogens with one attached hydrogen (secondary N) is 1. The maximum Gasteiger partial charge on any atom is 0.0393 e. The van der Waals surface area contributed by atoms with Gasteiger partial charge in [-0.2, -0.15) is 0 Å². The SMILES string of the molecule is CCC(CCCl)CNc1ccnc(C)c1. The molecule has 1 atom stereocenters. The lowest BCUT2D eigenvalue weighted by molar-refractivity contribution is 0.522. The van der Waals surface area contributed by atoms with E-state index < -0.39 is 0 Å². The number of hydrogen-bond donors (Lipinski definition) is 1. The van der Waals surface area contributed by atoms with E-state index in [9.17, 15) is 0 Å². The summed E-state index contributed by atoms with van der Waals surface area (Å²) in [6.07, 6.45) is 4.08. The number of pyridine rings is 1. The second-order valence-electron chi connectivity index (χ2n) is 3.82. The first kappa shape index (κ1) is 12.3. The zero-order valence-electron chi connectivity index (χ0n) is 9.46. The highest BCUT2D eigenvalue weighted by Crippen LogP contribution is 2.12. The molecule has 0 saturated heterocycles. The van der Waals surface area contributed by atoms with Crippen molar-refractivity contribution in [2.24, 2.45) is 5.92 Å². The molecule has 1 aromatic heterocycles. The fraction of sp³-hybridized carbons (Fsp3) is 0.583. The van der Waals surface area contributed by atoms with Gasteiger partial charge in [-0.1, -0.05) is 13.3 Å². The smallest absolute Gasteiger partial charge is 0.0393 e. The maximum atomic E-state index is 5.74. The molecule has 0 aliphatic carbocycles. The van der Waals surface area contributed by atoms with Gasteiger partial charge in [-0.25, -0.2) is 0 Å². The van der Waals surface area contributed by atoms with Crippen LogP contribution in [0.1, 0.15) is 25.5 Å². The first-order valence-electron chi connectivity index (χ1n) is 5.48. The van der Waals surface area contributed by atoms with E-state index >= 15 is 0 Å². The highest BCUT2D eigenvalue weighted by Gasteiger charge is 2.04. The Labute approximate surface area is 97.1 Å². The molecule has 2 nitrogen and oxygen atoms in total. The van der Waals surface area contributed by atoms with Gasteiger partial charge in [0.1, 0.15) is 0 Å². The average Bonchev–Trinajstić information content (AvgIpc) is 2.24. The number of rotatable bonds is 6. The van der Waals surface area contributed by atoms with Gasteiger partial charge in [0.2, 0.25) is 0 Å². The van der Waals surface area contributed by atoms with Gasteiger partial charge in [-0.3, -0.25) is 4.98 Å². The minimum Gasteiger partial charge on any atom is -0.385 e. The predicted octanol–water partition coefficient (Wildman–Crippen LogP) is 3.46. The molecule has 0 aliphatic heterocycles. The molecular formula is C12H19ClN2. The summed E-state index contributed by atoms with van der Waals surface area (Å²) in [4.78, 5) is 4.16. The molecule has 3 heteroatoms. The standard InChI is InChI=1S/C12H19ClN2/c1-3-11(4-6-13)9-15-12-5-7-14-10(2)8-12/h5,7-8,11H,3-4,6,9H2,1-2H3,(H,14,15). The van der Waals surface area contributed by atoms with Gasteiger partial charge in [-0.05, 0) is 31.4 Å². The van der Waals surface area contributed by atoms with Crippen molar-refractivity contribution in [2.45, 2.75) is 26.7 Å². The first-order chi connectivity index (χ1) is 7.26. The van der Waals surface area contributed by atoms with Crippen LogP contribution in [0.25, 0.3) is 0 Å². The van der Waals surface area contributed by atoms with Crippen LogP contribution in [0.15, 0.2) is 18.3 Å². The van der Waals surface area contributed by atoms with E-state index in [1.165, 1.54) is 6.42 Å². The van der Waals surface area contributed by atoms with Crippen LogP contribution in [0.2, 0.25) is 0 Å². The van der Waals surface area contributed by atoms with Crippen LogP contribution in [-0.4, -0.2) is 17.4 Å². The first-order valence-corrected chi connectivity index (χ1v) is 6.02. The molecule has 0 aliphatic rings. The van der Waals surface area contributed by atoms with E-state index in [4.69, 9.17) is 11.6 Å². The summed E-state index contributed by atoms with van der Waals surface area (Å²) in [5, 5.41) is 3.42. The summed E-state index contributed by atoms with van der Waals surface area (Å²) in [5.74, 6) is 1.41. The van der Waals surface area contributed by atoms with Crippen LogP contribution in [0.4, 0.5) is 5.69 Å². The summed E-state index contributed by atoms with van der Waals surface area (Å²) in [5.41, 5.74) is 2.20. The van der Waals surface area contributed by atoms with Crippen LogP contribution in [0, 0.1) is 12.8 Å². The third-order valence-corrected chi connectivity index (χ3v) is 2.80. The fourth-order valence-corrected chi connectivity index (χ4v) is 1.83.